The lowest BCUT2D eigenvalue weighted by molar-refractivity contribution is -0.133. The Morgan fingerprint density at radius 2 is 1.84 bits per heavy atom. The van der Waals surface area contributed by atoms with E-state index in [1.54, 1.807) is 0 Å². The Balaban J connectivity index is 0.00000272. The van der Waals surface area contributed by atoms with Gasteiger partial charge in [0.05, 0.1) is 6.04 Å². The van der Waals surface area contributed by atoms with Gasteiger partial charge in [-0.05, 0) is 31.9 Å². The summed E-state index contributed by atoms with van der Waals surface area (Å²) in [6, 6.07) is 11.3. The van der Waals surface area contributed by atoms with Gasteiger partial charge in [-0.2, -0.15) is 0 Å². The minimum Gasteiger partial charge on any atom is -0.340 e. The molecule has 2 aromatic rings. The SMILES string of the molecule is CC1CCCCN1CCC(=O)N1CCN(C(c2ccccc2)c2nccn2C)CC1.Cl. The molecule has 31 heavy (non-hydrogen) atoms. The predicted molar refractivity (Wildman–Crippen MR) is 126 cm³/mol. The highest BCUT2D eigenvalue weighted by molar-refractivity contribution is 5.85. The van der Waals surface area contributed by atoms with Crippen molar-refractivity contribution in [1.82, 2.24) is 24.3 Å². The van der Waals surface area contributed by atoms with E-state index >= 15 is 0 Å². The molecule has 1 amide bonds. The van der Waals surface area contributed by atoms with E-state index in [4.69, 9.17) is 0 Å². The summed E-state index contributed by atoms with van der Waals surface area (Å²) in [5.41, 5.74) is 1.26. The second-order valence-electron chi connectivity index (χ2n) is 8.76. The number of carbonyl (C=O) groups excluding carboxylic acids is 1. The number of likely N-dealkylation sites (tertiary alicyclic amines) is 1. The van der Waals surface area contributed by atoms with Crippen LogP contribution in [0.2, 0.25) is 0 Å². The van der Waals surface area contributed by atoms with Crippen LogP contribution in [0.5, 0.6) is 0 Å². The van der Waals surface area contributed by atoms with Gasteiger partial charge < -0.3 is 14.4 Å². The largest absolute Gasteiger partial charge is 0.340 e. The fourth-order valence-electron chi connectivity index (χ4n) is 4.92. The second kappa shape index (κ2) is 11.1. The fourth-order valence-corrected chi connectivity index (χ4v) is 4.92. The molecule has 2 atom stereocenters. The first-order valence-corrected chi connectivity index (χ1v) is 11.4. The van der Waals surface area contributed by atoms with Crippen molar-refractivity contribution in [3.8, 4) is 0 Å². The van der Waals surface area contributed by atoms with E-state index < -0.39 is 0 Å². The average Bonchev–Trinajstić information content (AvgIpc) is 3.20. The minimum atomic E-state index is 0. The Morgan fingerprint density at radius 3 is 2.48 bits per heavy atom. The van der Waals surface area contributed by atoms with E-state index in [0.29, 0.717) is 18.4 Å². The molecule has 2 aliphatic rings. The Kier molecular flexibility index (Phi) is 8.52. The molecule has 0 radical (unpaired) electrons. The van der Waals surface area contributed by atoms with Gasteiger partial charge in [0.25, 0.3) is 0 Å². The Labute approximate surface area is 192 Å². The number of piperazine rings is 1. The van der Waals surface area contributed by atoms with E-state index in [2.05, 4.69) is 68.6 Å². The first-order valence-electron chi connectivity index (χ1n) is 11.4. The summed E-state index contributed by atoms with van der Waals surface area (Å²) < 4.78 is 2.11. The summed E-state index contributed by atoms with van der Waals surface area (Å²) in [4.78, 5) is 24.5. The van der Waals surface area contributed by atoms with Gasteiger partial charge in [-0.25, -0.2) is 4.98 Å². The van der Waals surface area contributed by atoms with Crippen LogP contribution < -0.4 is 0 Å². The van der Waals surface area contributed by atoms with Crippen LogP contribution >= 0.6 is 12.4 Å². The number of hydrogen-bond donors (Lipinski definition) is 0. The van der Waals surface area contributed by atoms with Crippen molar-refractivity contribution in [3.05, 3.63) is 54.1 Å². The Bertz CT molecular complexity index is 818. The molecule has 7 heteroatoms. The molecular weight excluding hydrogens is 410 g/mol. The Morgan fingerprint density at radius 1 is 1.10 bits per heavy atom. The molecule has 3 heterocycles. The summed E-state index contributed by atoms with van der Waals surface area (Å²) in [5, 5.41) is 0. The maximum Gasteiger partial charge on any atom is 0.223 e. The quantitative estimate of drug-likeness (QED) is 0.684. The van der Waals surface area contributed by atoms with Crippen molar-refractivity contribution >= 4 is 18.3 Å². The maximum absolute atomic E-state index is 12.8. The first kappa shape index (κ1) is 23.8. The van der Waals surface area contributed by atoms with Gasteiger partial charge in [-0.3, -0.25) is 9.69 Å². The van der Waals surface area contributed by atoms with Gasteiger partial charge in [0.15, 0.2) is 0 Å². The monoisotopic (exact) mass is 445 g/mol. The van der Waals surface area contributed by atoms with Crippen molar-refractivity contribution in [2.75, 3.05) is 39.3 Å². The molecule has 4 rings (SSSR count). The zero-order valence-corrected chi connectivity index (χ0v) is 19.6. The van der Waals surface area contributed by atoms with Crippen LogP contribution in [0.3, 0.4) is 0 Å². The predicted octanol–water partition coefficient (Wildman–Crippen LogP) is 3.34. The van der Waals surface area contributed by atoms with Crippen LogP contribution in [-0.2, 0) is 11.8 Å². The second-order valence-corrected chi connectivity index (χ2v) is 8.76. The minimum absolute atomic E-state index is 0. The molecule has 0 aliphatic carbocycles. The number of aryl methyl sites for hydroxylation is 1. The van der Waals surface area contributed by atoms with Crippen LogP contribution in [0, 0.1) is 0 Å². The third kappa shape index (κ3) is 5.68. The zero-order chi connectivity index (χ0) is 20.9. The van der Waals surface area contributed by atoms with E-state index in [-0.39, 0.29) is 18.4 Å². The number of piperidine rings is 1. The van der Waals surface area contributed by atoms with Crippen LogP contribution in [0.1, 0.15) is 50.0 Å². The lowest BCUT2D eigenvalue weighted by Crippen LogP contribution is -2.50. The van der Waals surface area contributed by atoms with Crippen LogP contribution in [0.4, 0.5) is 0 Å². The molecule has 0 spiro atoms. The van der Waals surface area contributed by atoms with Gasteiger partial charge in [0.1, 0.15) is 5.82 Å². The van der Waals surface area contributed by atoms with Crippen LogP contribution in [0.25, 0.3) is 0 Å². The summed E-state index contributed by atoms with van der Waals surface area (Å²) in [7, 11) is 2.06. The maximum atomic E-state index is 12.8. The van der Waals surface area contributed by atoms with Crippen LogP contribution in [0.15, 0.2) is 42.7 Å². The number of carbonyl (C=O) groups is 1. The standard InChI is InChI=1S/C24H35N5O.ClH/c1-20-8-6-7-13-27(20)14-11-22(30)28-16-18-29(19-17-28)23(21-9-4-3-5-10-21)24-25-12-15-26(24)2;/h3-5,9-10,12,15,20,23H,6-8,11,13-14,16-19H2,1-2H3;1H. The van der Waals surface area contributed by atoms with E-state index in [9.17, 15) is 4.79 Å². The molecule has 1 aromatic carbocycles. The fraction of sp³-hybridized carbons (Fsp3) is 0.583. The lowest BCUT2D eigenvalue weighted by Gasteiger charge is -2.39. The molecule has 0 N–H and O–H groups in total. The molecule has 1 aromatic heterocycles. The molecule has 2 saturated heterocycles. The summed E-state index contributed by atoms with van der Waals surface area (Å²) in [5.74, 6) is 1.36. The average molecular weight is 446 g/mol. The number of amides is 1. The number of halogens is 1. The molecule has 0 bridgehead atoms. The van der Waals surface area contributed by atoms with Gasteiger partial charge >= 0.3 is 0 Å². The van der Waals surface area contributed by atoms with Crippen molar-refractivity contribution < 1.29 is 4.79 Å². The molecule has 2 fully saturated rings. The summed E-state index contributed by atoms with van der Waals surface area (Å²) in [6.45, 7) is 7.68. The van der Waals surface area contributed by atoms with E-state index in [1.807, 2.05) is 12.4 Å². The molecular formula is C24H36ClN5O. The number of rotatable bonds is 6. The van der Waals surface area contributed by atoms with Gasteiger partial charge in [-0.1, -0.05) is 36.8 Å². The van der Waals surface area contributed by atoms with E-state index in [0.717, 1.165) is 45.1 Å². The smallest absolute Gasteiger partial charge is 0.223 e. The first-order chi connectivity index (χ1) is 14.6. The molecule has 2 aliphatic heterocycles. The number of aromatic nitrogens is 2. The Hall–Kier alpha value is -1.89. The van der Waals surface area contributed by atoms with Gasteiger partial charge in [0, 0.05) is 64.6 Å². The van der Waals surface area contributed by atoms with E-state index in [1.165, 1.54) is 24.8 Å². The highest BCUT2D eigenvalue weighted by Gasteiger charge is 2.30. The molecule has 170 valence electrons. The topological polar surface area (TPSA) is 44.6 Å². The number of imidazole rings is 1. The van der Waals surface area contributed by atoms with Gasteiger partial charge in [0.2, 0.25) is 5.91 Å². The van der Waals surface area contributed by atoms with Crippen molar-refractivity contribution in [1.29, 1.82) is 0 Å². The number of hydrogen-bond acceptors (Lipinski definition) is 4. The highest BCUT2D eigenvalue weighted by Crippen LogP contribution is 2.28. The summed E-state index contributed by atoms with van der Waals surface area (Å²) in [6.07, 6.45) is 8.38. The molecule has 2 unspecified atom stereocenters. The number of benzene rings is 1. The normalized spacial score (nSPS) is 21.5. The van der Waals surface area contributed by atoms with Gasteiger partial charge in [-0.15, -0.1) is 12.4 Å². The molecule has 6 nitrogen and oxygen atoms in total. The zero-order valence-electron chi connectivity index (χ0n) is 18.8. The third-order valence-electron chi connectivity index (χ3n) is 6.80. The lowest BCUT2D eigenvalue weighted by atomic mass is 10.0. The molecule has 0 saturated carbocycles. The number of nitrogens with zero attached hydrogens (tertiary/aromatic N) is 5. The summed E-state index contributed by atoms with van der Waals surface area (Å²) >= 11 is 0. The van der Waals surface area contributed by atoms with Crippen molar-refractivity contribution in [2.45, 2.75) is 44.7 Å². The third-order valence-corrected chi connectivity index (χ3v) is 6.80. The highest BCUT2D eigenvalue weighted by atomic mass is 35.5. The van der Waals surface area contributed by atoms with Crippen LogP contribution in [-0.4, -0.2) is 75.5 Å². The van der Waals surface area contributed by atoms with Crippen molar-refractivity contribution in [2.24, 2.45) is 7.05 Å². The van der Waals surface area contributed by atoms with Crippen molar-refractivity contribution in [3.63, 3.8) is 0 Å².